The van der Waals surface area contributed by atoms with Gasteiger partial charge in [-0.05, 0) is 55.7 Å². The van der Waals surface area contributed by atoms with Gasteiger partial charge in [-0.2, -0.15) is 0 Å². The molecule has 0 radical (unpaired) electrons. The predicted molar refractivity (Wildman–Crippen MR) is 116 cm³/mol. The van der Waals surface area contributed by atoms with Crippen molar-refractivity contribution in [2.75, 3.05) is 19.7 Å². The SMILES string of the molecule is O=C(CCCOc1ccc(Cl)cc1Cl)N1CCC(c2nc3ccc(F)cc3[nH]2)CC1. The normalized spacial score (nSPS) is 15.0. The summed E-state index contributed by atoms with van der Waals surface area (Å²) in [6.45, 7) is 1.80. The fraction of sp³-hybridized carbons (Fsp3) is 0.364. The Balaban J connectivity index is 1.23. The minimum atomic E-state index is -0.277. The number of nitrogens with zero attached hydrogens (tertiary/aromatic N) is 2. The average molecular weight is 450 g/mol. The molecule has 0 aliphatic carbocycles. The van der Waals surface area contributed by atoms with Gasteiger partial charge in [0.2, 0.25) is 5.91 Å². The number of ether oxygens (including phenoxy) is 1. The molecule has 0 spiro atoms. The number of nitrogens with one attached hydrogen (secondary N) is 1. The molecular weight excluding hydrogens is 428 g/mol. The van der Waals surface area contributed by atoms with Crippen molar-refractivity contribution >= 4 is 40.1 Å². The zero-order chi connectivity index (χ0) is 21.1. The Morgan fingerprint density at radius 1 is 1.20 bits per heavy atom. The molecular formula is C22H22Cl2FN3O2. The summed E-state index contributed by atoms with van der Waals surface area (Å²) in [7, 11) is 0. The zero-order valence-electron chi connectivity index (χ0n) is 16.3. The van der Waals surface area contributed by atoms with E-state index in [1.165, 1.54) is 12.1 Å². The van der Waals surface area contributed by atoms with Gasteiger partial charge < -0.3 is 14.6 Å². The number of rotatable bonds is 6. The number of amides is 1. The van der Waals surface area contributed by atoms with Crippen molar-refractivity contribution < 1.29 is 13.9 Å². The van der Waals surface area contributed by atoms with Crippen LogP contribution in [0.5, 0.6) is 5.75 Å². The minimum Gasteiger partial charge on any atom is -0.492 e. The second-order valence-electron chi connectivity index (χ2n) is 7.47. The first kappa shape index (κ1) is 20.9. The van der Waals surface area contributed by atoms with Crippen LogP contribution in [0.2, 0.25) is 10.0 Å². The third kappa shape index (κ3) is 4.87. The van der Waals surface area contributed by atoms with E-state index in [-0.39, 0.29) is 17.6 Å². The van der Waals surface area contributed by atoms with Gasteiger partial charge in [0.05, 0.1) is 22.7 Å². The van der Waals surface area contributed by atoms with Crippen LogP contribution in [0.25, 0.3) is 11.0 Å². The van der Waals surface area contributed by atoms with E-state index in [2.05, 4.69) is 9.97 Å². The highest BCUT2D eigenvalue weighted by atomic mass is 35.5. The van der Waals surface area contributed by atoms with Crippen LogP contribution in [0.1, 0.15) is 37.4 Å². The van der Waals surface area contributed by atoms with Crippen molar-refractivity contribution in [2.24, 2.45) is 0 Å². The smallest absolute Gasteiger partial charge is 0.222 e. The van der Waals surface area contributed by atoms with E-state index in [0.29, 0.717) is 53.8 Å². The molecule has 2 heterocycles. The van der Waals surface area contributed by atoms with Crippen molar-refractivity contribution in [3.63, 3.8) is 0 Å². The summed E-state index contributed by atoms with van der Waals surface area (Å²) in [5.74, 6) is 1.54. The molecule has 0 bridgehead atoms. The fourth-order valence-electron chi connectivity index (χ4n) is 3.75. The molecule has 1 aliphatic heterocycles. The van der Waals surface area contributed by atoms with E-state index in [1.54, 1.807) is 24.3 Å². The van der Waals surface area contributed by atoms with Crippen LogP contribution >= 0.6 is 23.2 Å². The Morgan fingerprint density at radius 2 is 2.00 bits per heavy atom. The lowest BCUT2D eigenvalue weighted by Gasteiger charge is -2.31. The number of halogens is 3. The number of likely N-dealkylation sites (tertiary alicyclic amines) is 1. The summed E-state index contributed by atoms with van der Waals surface area (Å²) in [6, 6.07) is 9.64. The third-order valence-corrected chi connectivity index (χ3v) is 5.91. The van der Waals surface area contributed by atoms with Gasteiger partial charge >= 0.3 is 0 Å². The summed E-state index contributed by atoms with van der Waals surface area (Å²) in [5.41, 5.74) is 1.48. The van der Waals surface area contributed by atoms with Crippen LogP contribution in [0.4, 0.5) is 4.39 Å². The molecule has 1 saturated heterocycles. The van der Waals surface area contributed by atoms with Crippen LogP contribution < -0.4 is 4.74 Å². The molecule has 0 unspecified atom stereocenters. The molecule has 4 rings (SSSR count). The van der Waals surface area contributed by atoms with E-state index in [9.17, 15) is 9.18 Å². The molecule has 2 aromatic carbocycles. The molecule has 5 nitrogen and oxygen atoms in total. The van der Waals surface area contributed by atoms with Crippen LogP contribution in [0, 0.1) is 5.82 Å². The van der Waals surface area contributed by atoms with Crippen molar-refractivity contribution in [1.82, 2.24) is 14.9 Å². The Labute approximate surface area is 184 Å². The Hall–Kier alpha value is -2.31. The van der Waals surface area contributed by atoms with Gasteiger partial charge in [-0.1, -0.05) is 23.2 Å². The zero-order valence-corrected chi connectivity index (χ0v) is 17.8. The van der Waals surface area contributed by atoms with Gasteiger partial charge in [-0.25, -0.2) is 9.37 Å². The van der Waals surface area contributed by atoms with Gasteiger partial charge in [0.15, 0.2) is 0 Å². The molecule has 8 heteroatoms. The van der Waals surface area contributed by atoms with E-state index in [0.717, 1.165) is 24.2 Å². The van der Waals surface area contributed by atoms with E-state index < -0.39 is 0 Å². The number of H-pyrrole nitrogens is 1. The van der Waals surface area contributed by atoms with Gasteiger partial charge in [0.1, 0.15) is 17.4 Å². The average Bonchev–Trinajstić information content (AvgIpc) is 3.15. The Kier molecular flexibility index (Phi) is 6.44. The summed E-state index contributed by atoms with van der Waals surface area (Å²) < 4.78 is 19.0. The Morgan fingerprint density at radius 3 is 2.77 bits per heavy atom. The number of carbonyl (C=O) groups is 1. The van der Waals surface area contributed by atoms with Crippen LogP contribution in [-0.2, 0) is 4.79 Å². The molecule has 1 aliphatic rings. The highest BCUT2D eigenvalue weighted by molar-refractivity contribution is 6.35. The fourth-order valence-corrected chi connectivity index (χ4v) is 4.22. The number of aromatic nitrogens is 2. The van der Waals surface area contributed by atoms with Crippen LogP contribution in [0.3, 0.4) is 0 Å². The van der Waals surface area contributed by atoms with Gasteiger partial charge in [0.25, 0.3) is 0 Å². The maximum Gasteiger partial charge on any atom is 0.222 e. The van der Waals surface area contributed by atoms with E-state index in [1.807, 2.05) is 4.90 Å². The topological polar surface area (TPSA) is 58.2 Å². The predicted octanol–water partition coefficient (Wildman–Crippen LogP) is 5.57. The number of carbonyl (C=O) groups excluding carboxylic acids is 1. The molecule has 158 valence electrons. The second kappa shape index (κ2) is 9.23. The molecule has 1 N–H and O–H groups in total. The lowest BCUT2D eigenvalue weighted by molar-refractivity contribution is -0.132. The molecule has 30 heavy (non-hydrogen) atoms. The number of piperidine rings is 1. The molecule has 3 aromatic rings. The lowest BCUT2D eigenvalue weighted by Crippen LogP contribution is -2.38. The summed E-state index contributed by atoms with van der Waals surface area (Å²) in [6.07, 6.45) is 2.72. The number of hydrogen-bond acceptors (Lipinski definition) is 3. The quantitative estimate of drug-likeness (QED) is 0.500. The standard InChI is InChI=1S/C22H22Cl2FN3O2/c23-15-3-6-20(17(24)12-15)30-11-1-2-21(29)28-9-7-14(8-10-28)22-26-18-5-4-16(25)13-19(18)27-22/h3-6,12-14H,1-2,7-11H2,(H,26,27). The Bertz CT molecular complexity index is 1050. The first-order valence-electron chi connectivity index (χ1n) is 10.0. The molecule has 1 amide bonds. The summed E-state index contributed by atoms with van der Waals surface area (Å²) >= 11 is 12.0. The molecule has 1 fully saturated rings. The highest BCUT2D eigenvalue weighted by Crippen LogP contribution is 2.29. The van der Waals surface area contributed by atoms with Crippen molar-refractivity contribution in [3.05, 3.63) is 58.1 Å². The van der Waals surface area contributed by atoms with Crippen molar-refractivity contribution in [3.8, 4) is 5.75 Å². The maximum absolute atomic E-state index is 13.4. The molecule has 0 saturated carbocycles. The summed E-state index contributed by atoms with van der Waals surface area (Å²) in [5, 5.41) is 1.02. The highest BCUT2D eigenvalue weighted by Gasteiger charge is 2.25. The van der Waals surface area contributed by atoms with Crippen molar-refractivity contribution in [1.29, 1.82) is 0 Å². The molecule has 0 atom stereocenters. The first-order chi connectivity index (χ1) is 14.5. The summed E-state index contributed by atoms with van der Waals surface area (Å²) in [4.78, 5) is 22.2. The minimum absolute atomic E-state index is 0.130. The number of fused-ring (bicyclic) bond motifs is 1. The number of imidazole rings is 1. The van der Waals surface area contributed by atoms with Crippen molar-refractivity contribution in [2.45, 2.75) is 31.6 Å². The number of hydrogen-bond donors (Lipinski definition) is 1. The monoisotopic (exact) mass is 449 g/mol. The lowest BCUT2D eigenvalue weighted by atomic mass is 9.96. The van der Waals surface area contributed by atoms with Crippen LogP contribution in [0.15, 0.2) is 36.4 Å². The maximum atomic E-state index is 13.4. The number of aromatic amines is 1. The largest absolute Gasteiger partial charge is 0.492 e. The van der Waals surface area contributed by atoms with Gasteiger partial charge in [0, 0.05) is 30.5 Å². The van der Waals surface area contributed by atoms with Gasteiger partial charge in [-0.15, -0.1) is 0 Å². The second-order valence-corrected chi connectivity index (χ2v) is 8.31. The van der Waals surface area contributed by atoms with Gasteiger partial charge in [-0.3, -0.25) is 4.79 Å². The molecule has 1 aromatic heterocycles. The first-order valence-corrected chi connectivity index (χ1v) is 10.8. The van der Waals surface area contributed by atoms with E-state index in [4.69, 9.17) is 27.9 Å². The number of benzene rings is 2. The van der Waals surface area contributed by atoms with Crippen LogP contribution in [-0.4, -0.2) is 40.5 Å². The third-order valence-electron chi connectivity index (χ3n) is 5.38. The van der Waals surface area contributed by atoms with E-state index >= 15 is 0 Å².